The molecule has 0 unspecified atom stereocenters. The van der Waals surface area contributed by atoms with Crippen LogP contribution in [0.25, 0.3) is 5.57 Å². The van der Waals surface area contributed by atoms with Crippen LogP contribution in [0.2, 0.25) is 0 Å². The monoisotopic (exact) mass is 561 g/mol. The number of hydrogen-bond donors (Lipinski definition) is 1. The van der Waals surface area contributed by atoms with Crippen molar-refractivity contribution in [3.05, 3.63) is 135 Å². The van der Waals surface area contributed by atoms with Gasteiger partial charge in [-0.15, -0.1) is 0 Å². The number of ketones is 1. The van der Waals surface area contributed by atoms with Gasteiger partial charge in [0.2, 0.25) is 5.95 Å². The van der Waals surface area contributed by atoms with Crippen LogP contribution in [0.1, 0.15) is 61.2 Å². The Bertz CT molecular complexity index is 1480. The molecule has 8 heteroatoms. The first-order valence-electron chi connectivity index (χ1n) is 13.4. The second-order valence-corrected chi connectivity index (χ2v) is 9.43. The molecule has 0 bridgehead atoms. The fraction of sp³-hybridized carbons (Fsp3) is 0.242. The van der Waals surface area contributed by atoms with Crippen molar-refractivity contribution >= 4 is 17.3 Å². The average Bonchev–Trinajstić information content (AvgIpc) is 2.96. The summed E-state index contributed by atoms with van der Waals surface area (Å²) >= 11 is 0. The third-order valence-electron chi connectivity index (χ3n) is 6.38. The SMILES string of the molecule is CC(=O)/C=C(/c1ccccc1)C(F)(F)F.CCCc1c(CC)nc(N)n(C(c2ccccc2)c2ccccc2)c1=O. The number of aromatic nitrogens is 2. The summed E-state index contributed by atoms with van der Waals surface area (Å²) in [5.41, 5.74) is 8.97. The van der Waals surface area contributed by atoms with Gasteiger partial charge >= 0.3 is 6.18 Å². The average molecular weight is 562 g/mol. The van der Waals surface area contributed by atoms with Gasteiger partial charge < -0.3 is 5.73 Å². The molecule has 3 aromatic carbocycles. The van der Waals surface area contributed by atoms with Crippen molar-refractivity contribution < 1.29 is 18.0 Å². The molecule has 4 aromatic rings. The summed E-state index contributed by atoms with van der Waals surface area (Å²) in [6.45, 7) is 5.18. The number of alkyl halides is 3. The lowest BCUT2D eigenvalue weighted by molar-refractivity contribution is -0.113. The molecular weight excluding hydrogens is 527 g/mol. The maximum atomic E-state index is 13.4. The molecular formula is C33H34F3N3O2. The topological polar surface area (TPSA) is 78.0 Å². The Morgan fingerprint density at radius 1 is 0.902 bits per heavy atom. The van der Waals surface area contributed by atoms with Crippen LogP contribution in [0, 0.1) is 0 Å². The van der Waals surface area contributed by atoms with Crippen LogP contribution in [0.3, 0.4) is 0 Å². The number of halogens is 3. The van der Waals surface area contributed by atoms with Crippen molar-refractivity contribution in [1.29, 1.82) is 0 Å². The number of nitrogens with two attached hydrogens (primary N) is 1. The Balaban J connectivity index is 0.000000263. The van der Waals surface area contributed by atoms with Crippen LogP contribution >= 0.6 is 0 Å². The van der Waals surface area contributed by atoms with E-state index in [-0.39, 0.29) is 23.1 Å². The molecule has 214 valence electrons. The highest BCUT2D eigenvalue weighted by molar-refractivity contribution is 5.96. The van der Waals surface area contributed by atoms with E-state index in [1.807, 2.05) is 67.6 Å². The molecule has 0 saturated heterocycles. The van der Waals surface area contributed by atoms with Crippen molar-refractivity contribution in [3.63, 3.8) is 0 Å². The van der Waals surface area contributed by atoms with Gasteiger partial charge in [0.05, 0.1) is 17.3 Å². The highest BCUT2D eigenvalue weighted by Gasteiger charge is 2.34. The van der Waals surface area contributed by atoms with E-state index in [4.69, 9.17) is 5.73 Å². The normalized spacial score (nSPS) is 11.6. The molecule has 0 atom stereocenters. The van der Waals surface area contributed by atoms with E-state index in [1.54, 1.807) is 10.6 Å². The third-order valence-corrected chi connectivity index (χ3v) is 6.38. The predicted octanol–water partition coefficient (Wildman–Crippen LogP) is 7.20. The zero-order valence-corrected chi connectivity index (χ0v) is 23.4. The largest absolute Gasteiger partial charge is 0.417 e. The minimum atomic E-state index is -4.51. The van der Waals surface area contributed by atoms with Crippen LogP contribution in [-0.2, 0) is 17.6 Å². The van der Waals surface area contributed by atoms with E-state index in [9.17, 15) is 22.8 Å². The van der Waals surface area contributed by atoms with Gasteiger partial charge in [0.25, 0.3) is 5.56 Å². The molecule has 0 fully saturated rings. The van der Waals surface area contributed by atoms with E-state index < -0.39 is 17.5 Å². The number of anilines is 1. The van der Waals surface area contributed by atoms with Crippen LogP contribution in [0.15, 0.2) is 102 Å². The summed E-state index contributed by atoms with van der Waals surface area (Å²) in [6.07, 6.45) is -1.58. The number of aryl methyl sites for hydroxylation is 1. The number of hydrogen-bond acceptors (Lipinski definition) is 4. The number of nitrogens with zero attached hydrogens (tertiary/aromatic N) is 2. The lowest BCUT2D eigenvalue weighted by Gasteiger charge is -2.24. The first kappa shape index (κ1) is 31.1. The zero-order valence-electron chi connectivity index (χ0n) is 23.4. The summed E-state index contributed by atoms with van der Waals surface area (Å²) < 4.78 is 39.3. The zero-order chi connectivity index (χ0) is 30.0. The van der Waals surface area contributed by atoms with Crippen molar-refractivity contribution in [1.82, 2.24) is 9.55 Å². The molecule has 1 aromatic heterocycles. The van der Waals surface area contributed by atoms with Gasteiger partial charge in [-0.25, -0.2) is 4.98 Å². The van der Waals surface area contributed by atoms with Crippen molar-refractivity contribution in [2.45, 2.75) is 52.3 Å². The molecule has 0 saturated carbocycles. The van der Waals surface area contributed by atoms with E-state index in [1.165, 1.54) is 24.3 Å². The first-order valence-corrected chi connectivity index (χ1v) is 13.4. The Labute approximate surface area is 238 Å². The fourth-order valence-corrected chi connectivity index (χ4v) is 4.59. The van der Waals surface area contributed by atoms with Gasteiger partial charge in [-0.1, -0.05) is 111 Å². The summed E-state index contributed by atoms with van der Waals surface area (Å²) in [4.78, 5) is 28.7. The van der Waals surface area contributed by atoms with Crippen molar-refractivity contribution in [2.24, 2.45) is 0 Å². The number of carbonyl (C=O) groups is 1. The highest BCUT2D eigenvalue weighted by atomic mass is 19.4. The predicted molar refractivity (Wildman–Crippen MR) is 158 cm³/mol. The molecule has 0 amide bonds. The Morgan fingerprint density at radius 2 is 1.39 bits per heavy atom. The van der Waals surface area contributed by atoms with E-state index in [2.05, 4.69) is 11.9 Å². The van der Waals surface area contributed by atoms with Gasteiger partial charge in [0.1, 0.15) is 0 Å². The number of nitrogen functional groups attached to an aromatic ring is 1. The van der Waals surface area contributed by atoms with Gasteiger partial charge in [-0.3, -0.25) is 14.2 Å². The van der Waals surface area contributed by atoms with Crippen LogP contribution in [0.4, 0.5) is 19.1 Å². The molecule has 5 nitrogen and oxygen atoms in total. The fourth-order valence-electron chi connectivity index (χ4n) is 4.59. The Hall–Kier alpha value is -4.46. The third kappa shape index (κ3) is 8.03. The van der Waals surface area contributed by atoms with Crippen LogP contribution < -0.4 is 11.3 Å². The molecule has 0 aliphatic heterocycles. The lowest BCUT2D eigenvalue weighted by atomic mass is 9.97. The second-order valence-electron chi connectivity index (χ2n) is 9.43. The summed E-state index contributed by atoms with van der Waals surface area (Å²) in [7, 11) is 0. The van der Waals surface area contributed by atoms with Crippen molar-refractivity contribution in [2.75, 3.05) is 5.73 Å². The van der Waals surface area contributed by atoms with E-state index in [0.717, 1.165) is 35.7 Å². The standard InChI is InChI=1S/C22H25N3O.C11H9F3O/c1-3-11-18-19(4-2)24-22(23)25(21(18)26)20(16-12-7-5-8-13-16)17-14-9-6-10-15-17;1-8(15)7-10(11(12,13)14)9-5-3-2-4-6-9/h5-10,12-15,20H,3-4,11H2,1-2H3,(H2,23,24);2-7H,1H3/b;10-7-. The molecule has 2 N–H and O–H groups in total. The van der Waals surface area contributed by atoms with Gasteiger partial charge in [-0.2, -0.15) is 13.2 Å². The van der Waals surface area contributed by atoms with Gasteiger partial charge in [0, 0.05) is 5.56 Å². The minimum absolute atomic E-state index is 0.000185. The molecule has 0 spiro atoms. The van der Waals surface area contributed by atoms with E-state index >= 15 is 0 Å². The summed E-state index contributed by atoms with van der Waals surface area (Å²) in [6, 6.07) is 26.9. The van der Waals surface area contributed by atoms with Crippen LogP contribution in [-0.4, -0.2) is 21.5 Å². The number of allylic oxidation sites excluding steroid dienone is 2. The molecule has 0 radical (unpaired) electrons. The number of carbonyl (C=O) groups excluding carboxylic acids is 1. The quantitative estimate of drug-likeness (QED) is 0.231. The minimum Gasteiger partial charge on any atom is -0.369 e. The maximum Gasteiger partial charge on any atom is 0.417 e. The molecule has 1 heterocycles. The summed E-state index contributed by atoms with van der Waals surface area (Å²) in [5, 5.41) is 0. The Morgan fingerprint density at radius 3 is 1.80 bits per heavy atom. The molecule has 41 heavy (non-hydrogen) atoms. The molecule has 0 aliphatic rings. The highest BCUT2D eigenvalue weighted by Crippen LogP contribution is 2.33. The van der Waals surface area contributed by atoms with Crippen LogP contribution in [0.5, 0.6) is 0 Å². The molecule has 0 aliphatic carbocycles. The number of rotatable bonds is 8. The second kappa shape index (κ2) is 14.3. The van der Waals surface area contributed by atoms with Gasteiger partial charge in [0.15, 0.2) is 5.78 Å². The maximum absolute atomic E-state index is 13.4. The number of benzene rings is 3. The smallest absolute Gasteiger partial charge is 0.369 e. The Kier molecular flexibility index (Phi) is 10.8. The summed E-state index contributed by atoms with van der Waals surface area (Å²) in [5.74, 6) is -0.351. The van der Waals surface area contributed by atoms with E-state index in [0.29, 0.717) is 18.9 Å². The van der Waals surface area contributed by atoms with Gasteiger partial charge in [-0.05, 0) is 42.5 Å². The lowest BCUT2D eigenvalue weighted by Crippen LogP contribution is -2.33. The molecule has 4 rings (SSSR count). The first-order chi connectivity index (χ1) is 19.6. The van der Waals surface area contributed by atoms with Crippen molar-refractivity contribution in [3.8, 4) is 0 Å².